The minimum atomic E-state index is -0.963. The largest absolute Gasteiger partial charge is 0.494 e. The minimum Gasteiger partial charge on any atom is -0.494 e. The van der Waals surface area contributed by atoms with Crippen LogP contribution >= 0.6 is 0 Å². The molecule has 2 N–H and O–H groups in total. The van der Waals surface area contributed by atoms with E-state index in [1.165, 1.54) is 6.07 Å². The Morgan fingerprint density at radius 3 is 2.36 bits per heavy atom. The summed E-state index contributed by atoms with van der Waals surface area (Å²) < 4.78 is 10.7. The van der Waals surface area contributed by atoms with Crippen molar-refractivity contribution in [2.45, 2.75) is 13.3 Å². The van der Waals surface area contributed by atoms with Crippen LogP contribution in [0.1, 0.15) is 22.8 Å². The lowest BCUT2D eigenvalue weighted by atomic mass is 10.1. The van der Waals surface area contributed by atoms with Gasteiger partial charge in [-0.1, -0.05) is 12.1 Å². The molecule has 1 amide bonds. The van der Waals surface area contributed by atoms with Crippen molar-refractivity contribution in [1.29, 1.82) is 0 Å². The first-order valence-electron chi connectivity index (χ1n) is 8.03. The third kappa shape index (κ3) is 6.18. The number of benzene rings is 2. The van der Waals surface area contributed by atoms with Crippen molar-refractivity contribution < 1.29 is 24.2 Å². The second-order valence-corrected chi connectivity index (χ2v) is 5.30. The van der Waals surface area contributed by atoms with E-state index in [1.807, 2.05) is 13.0 Å². The van der Waals surface area contributed by atoms with Crippen LogP contribution in [0.25, 0.3) is 0 Å². The molecule has 0 saturated carbocycles. The smallest absolute Gasteiger partial charge is 0.335 e. The van der Waals surface area contributed by atoms with Gasteiger partial charge in [-0.3, -0.25) is 4.79 Å². The van der Waals surface area contributed by atoms with E-state index < -0.39 is 5.97 Å². The predicted molar refractivity (Wildman–Crippen MR) is 93.2 cm³/mol. The molecule has 0 saturated heterocycles. The van der Waals surface area contributed by atoms with Crippen LogP contribution in [0, 0.1) is 0 Å². The van der Waals surface area contributed by atoms with Crippen molar-refractivity contribution in [1.82, 2.24) is 5.32 Å². The van der Waals surface area contributed by atoms with Gasteiger partial charge >= 0.3 is 5.97 Å². The highest BCUT2D eigenvalue weighted by atomic mass is 16.5. The topological polar surface area (TPSA) is 84.9 Å². The van der Waals surface area contributed by atoms with Crippen LogP contribution in [-0.2, 0) is 11.2 Å². The van der Waals surface area contributed by atoms with E-state index in [1.54, 1.807) is 36.4 Å². The maximum atomic E-state index is 11.8. The van der Waals surface area contributed by atoms with Crippen LogP contribution < -0.4 is 14.8 Å². The van der Waals surface area contributed by atoms with Gasteiger partial charge in [0.15, 0.2) is 6.61 Å². The Morgan fingerprint density at radius 2 is 1.72 bits per heavy atom. The number of amides is 1. The van der Waals surface area contributed by atoms with Crippen molar-refractivity contribution >= 4 is 11.9 Å². The number of ether oxygens (including phenoxy) is 2. The average molecular weight is 343 g/mol. The van der Waals surface area contributed by atoms with Crippen LogP contribution in [0.5, 0.6) is 11.5 Å². The van der Waals surface area contributed by atoms with E-state index in [0.717, 1.165) is 11.3 Å². The van der Waals surface area contributed by atoms with Gasteiger partial charge in [0.05, 0.1) is 12.2 Å². The molecule has 132 valence electrons. The number of hydrogen-bond acceptors (Lipinski definition) is 4. The van der Waals surface area contributed by atoms with Gasteiger partial charge in [-0.25, -0.2) is 4.79 Å². The number of hydrogen-bond donors (Lipinski definition) is 2. The zero-order chi connectivity index (χ0) is 18.1. The van der Waals surface area contributed by atoms with Crippen molar-refractivity contribution in [3.8, 4) is 11.5 Å². The van der Waals surface area contributed by atoms with Gasteiger partial charge in [0, 0.05) is 6.54 Å². The van der Waals surface area contributed by atoms with Gasteiger partial charge in [0.2, 0.25) is 0 Å². The molecule has 0 radical (unpaired) electrons. The van der Waals surface area contributed by atoms with Crippen LogP contribution in [-0.4, -0.2) is 36.7 Å². The molecule has 0 aliphatic heterocycles. The number of carbonyl (C=O) groups excluding carboxylic acids is 1. The number of rotatable bonds is 9. The maximum Gasteiger partial charge on any atom is 0.335 e. The molecule has 0 unspecified atom stereocenters. The van der Waals surface area contributed by atoms with Crippen molar-refractivity contribution in [3.05, 3.63) is 59.7 Å². The average Bonchev–Trinajstić information content (AvgIpc) is 2.61. The molecule has 0 aliphatic rings. The third-order valence-electron chi connectivity index (χ3n) is 3.41. The summed E-state index contributed by atoms with van der Waals surface area (Å²) in [4.78, 5) is 22.7. The third-order valence-corrected chi connectivity index (χ3v) is 3.41. The lowest BCUT2D eigenvalue weighted by molar-refractivity contribution is -0.123. The lowest BCUT2D eigenvalue weighted by Crippen LogP contribution is -2.30. The molecule has 0 atom stereocenters. The van der Waals surface area contributed by atoms with Crippen LogP contribution in [0.3, 0.4) is 0 Å². The summed E-state index contributed by atoms with van der Waals surface area (Å²) in [7, 11) is 0. The van der Waals surface area contributed by atoms with Crippen molar-refractivity contribution in [2.24, 2.45) is 0 Å². The molecule has 0 aromatic heterocycles. The van der Waals surface area contributed by atoms with E-state index in [-0.39, 0.29) is 18.1 Å². The molecule has 0 fully saturated rings. The molecular formula is C19H21NO5. The van der Waals surface area contributed by atoms with E-state index in [2.05, 4.69) is 5.32 Å². The van der Waals surface area contributed by atoms with Gasteiger partial charge in [0.1, 0.15) is 11.5 Å². The Bertz CT molecular complexity index is 712. The first kappa shape index (κ1) is 18.3. The number of nitrogens with one attached hydrogen (secondary N) is 1. The highest BCUT2D eigenvalue weighted by Crippen LogP contribution is 2.17. The molecule has 0 aliphatic carbocycles. The van der Waals surface area contributed by atoms with Crippen LogP contribution in [0.2, 0.25) is 0 Å². The lowest BCUT2D eigenvalue weighted by Gasteiger charge is -2.09. The van der Waals surface area contributed by atoms with Crippen molar-refractivity contribution in [3.63, 3.8) is 0 Å². The molecule has 2 rings (SSSR count). The van der Waals surface area contributed by atoms with E-state index in [0.29, 0.717) is 25.3 Å². The van der Waals surface area contributed by atoms with Crippen molar-refractivity contribution in [2.75, 3.05) is 19.8 Å². The fourth-order valence-electron chi connectivity index (χ4n) is 2.20. The highest BCUT2D eigenvalue weighted by Gasteiger charge is 2.05. The fraction of sp³-hybridized carbons (Fsp3) is 0.263. The summed E-state index contributed by atoms with van der Waals surface area (Å²) >= 11 is 0. The molecule has 6 nitrogen and oxygen atoms in total. The summed E-state index contributed by atoms with van der Waals surface area (Å²) in [6.45, 7) is 2.84. The fourth-order valence-corrected chi connectivity index (χ4v) is 2.20. The summed E-state index contributed by atoms with van der Waals surface area (Å²) in [6.07, 6.45) is 0.552. The predicted octanol–water partition coefficient (Wildman–Crippen LogP) is 2.52. The van der Waals surface area contributed by atoms with Gasteiger partial charge in [0.25, 0.3) is 5.91 Å². The summed E-state index contributed by atoms with van der Waals surface area (Å²) in [5.41, 5.74) is 1.09. The van der Waals surface area contributed by atoms with E-state index >= 15 is 0 Å². The molecule has 0 bridgehead atoms. The van der Waals surface area contributed by atoms with Gasteiger partial charge < -0.3 is 19.9 Å². The quantitative estimate of drug-likeness (QED) is 0.731. The van der Waals surface area contributed by atoms with Crippen LogP contribution in [0.4, 0.5) is 0 Å². The van der Waals surface area contributed by atoms with Gasteiger partial charge in [-0.05, 0) is 55.3 Å². The monoisotopic (exact) mass is 343 g/mol. The Hall–Kier alpha value is -3.02. The first-order valence-corrected chi connectivity index (χ1v) is 8.03. The normalized spacial score (nSPS) is 10.1. The Kier molecular flexibility index (Phi) is 6.83. The Balaban J connectivity index is 1.72. The van der Waals surface area contributed by atoms with E-state index in [9.17, 15) is 9.59 Å². The molecule has 2 aromatic carbocycles. The minimum absolute atomic E-state index is 0.0802. The van der Waals surface area contributed by atoms with Gasteiger partial charge in [-0.15, -0.1) is 0 Å². The molecule has 6 heteroatoms. The maximum absolute atomic E-state index is 11.8. The highest BCUT2D eigenvalue weighted by molar-refractivity contribution is 5.87. The summed E-state index contributed by atoms with van der Waals surface area (Å²) in [6, 6.07) is 13.7. The molecule has 2 aromatic rings. The van der Waals surface area contributed by atoms with Crippen LogP contribution in [0.15, 0.2) is 48.5 Å². The summed E-state index contributed by atoms with van der Waals surface area (Å²) in [5, 5.41) is 11.7. The summed E-state index contributed by atoms with van der Waals surface area (Å²) in [5.74, 6) is 0.147. The Morgan fingerprint density at radius 1 is 1.04 bits per heavy atom. The number of carboxylic acid groups (broad SMARTS) is 1. The second-order valence-electron chi connectivity index (χ2n) is 5.30. The number of aromatic carboxylic acids is 1. The standard InChI is InChI=1S/C19H21NO5/c1-2-24-16-6-8-17(9-7-16)25-13-18(21)20-11-10-14-4-3-5-15(12-14)19(22)23/h3-9,12H,2,10-11,13H2,1H3,(H,20,21)(H,22,23). The second kappa shape index (κ2) is 9.32. The SMILES string of the molecule is CCOc1ccc(OCC(=O)NCCc2cccc(C(=O)O)c2)cc1. The number of carbonyl (C=O) groups is 2. The Labute approximate surface area is 146 Å². The molecule has 0 heterocycles. The number of carboxylic acids is 1. The first-order chi connectivity index (χ1) is 12.1. The molecule has 0 spiro atoms. The molecule has 25 heavy (non-hydrogen) atoms. The van der Waals surface area contributed by atoms with E-state index in [4.69, 9.17) is 14.6 Å². The van der Waals surface area contributed by atoms with Gasteiger partial charge in [-0.2, -0.15) is 0 Å². The zero-order valence-corrected chi connectivity index (χ0v) is 14.0. The molecular weight excluding hydrogens is 322 g/mol. The zero-order valence-electron chi connectivity index (χ0n) is 14.0.